The first kappa shape index (κ1) is 10.5. The molecule has 3 nitrogen and oxygen atoms in total. The van der Waals surface area contributed by atoms with Crippen molar-refractivity contribution < 1.29 is 14.3 Å². The average molecular weight is 186 g/mol. The molecule has 0 saturated carbocycles. The van der Waals surface area contributed by atoms with Gasteiger partial charge in [-0.05, 0) is 25.2 Å². The molecule has 0 aromatic carbocycles. The summed E-state index contributed by atoms with van der Waals surface area (Å²) in [5.74, 6) is 0.481. The molecule has 0 aliphatic carbocycles. The van der Waals surface area contributed by atoms with Gasteiger partial charge in [-0.2, -0.15) is 0 Å². The van der Waals surface area contributed by atoms with Gasteiger partial charge in [0.05, 0.1) is 13.0 Å². The predicted molar refractivity (Wildman–Crippen MR) is 49.3 cm³/mol. The molecule has 1 aliphatic heterocycles. The highest BCUT2D eigenvalue weighted by atomic mass is 16.5. The Morgan fingerprint density at radius 2 is 2.15 bits per heavy atom. The Bertz CT molecular complexity index is 162. The lowest BCUT2D eigenvalue weighted by molar-refractivity contribution is -0.148. The second-order valence-corrected chi connectivity index (χ2v) is 3.49. The lowest BCUT2D eigenvalue weighted by Gasteiger charge is -2.27. The van der Waals surface area contributed by atoms with E-state index in [0.717, 1.165) is 32.5 Å². The summed E-state index contributed by atoms with van der Waals surface area (Å²) in [5, 5.41) is 0. The largest absolute Gasteiger partial charge is 0.469 e. The fourth-order valence-electron chi connectivity index (χ4n) is 1.96. The second kappa shape index (κ2) is 5.22. The Labute approximate surface area is 79.4 Å². The van der Waals surface area contributed by atoms with Crippen molar-refractivity contribution in [3.05, 3.63) is 0 Å². The van der Waals surface area contributed by atoms with E-state index in [2.05, 4.69) is 0 Å². The third kappa shape index (κ3) is 2.69. The predicted octanol–water partition coefficient (Wildman–Crippen LogP) is 1.61. The third-order valence-corrected chi connectivity index (χ3v) is 2.78. The summed E-state index contributed by atoms with van der Waals surface area (Å²) in [7, 11) is 1.46. The van der Waals surface area contributed by atoms with E-state index in [-0.39, 0.29) is 11.9 Å². The lowest BCUT2D eigenvalue weighted by atomic mass is 9.84. The van der Waals surface area contributed by atoms with E-state index in [4.69, 9.17) is 9.47 Å². The van der Waals surface area contributed by atoms with Crippen LogP contribution in [0.15, 0.2) is 0 Å². The lowest BCUT2D eigenvalue weighted by Crippen LogP contribution is -2.29. The average Bonchev–Trinajstić information content (AvgIpc) is 2.20. The summed E-state index contributed by atoms with van der Waals surface area (Å²) < 4.78 is 10.0. The summed E-state index contributed by atoms with van der Waals surface area (Å²) in [6.45, 7) is 3.62. The Balaban J connectivity index is 2.48. The number of rotatable bonds is 3. The Morgan fingerprint density at radius 3 is 2.62 bits per heavy atom. The molecule has 1 unspecified atom stereocenters. The Morgan fingerprint density at radius 1 is 1.54 bits per heavy atom. The van der Waals surface area contributed by atoms with Crippen LogP contribution in [-0.2, 0) is 14.3 Å². The van der Waals surface area contributed by atoms with Crippen LogP contribution in [0.3, 0.4) is 0 Å². The highest BCUT2D eigenvalue weighted by molar-refractivity contribution is 5.72. The highest BCUT2D eigenvalue weighted by Crippen LogP contribution is 2.26. The molecule has 76 valence electrons. The van der Waals surface area contributed by atoms with Crippen LogP contribution in [0.25, 0.3) is 0 Å². The van der Waals surface area contributed by atoms with Gasteiger partial charge in [0, 0.05) is 13.2 Å². The van der Waals surface area contributed by atoms with Crippen molar-refractivity contribution >= 4 is 5.97 Å². The molecule has 1 aliphatic rings. The van der Waals surface area contributed by atoms with Gasteiger partial charge in [-0.3, -0.25) is 4.79 Å². The van der Waals surface area contributed by atoms with Gasteiger partial charge in [-0.25, -0.2) is 0 Å². The van der Waals surface area contributed by atoms with Crippen LogP contribution in [0.4, 0.5) is 0 Å². The maximum atomic E-state index is 11.4. The fraction of sp³-hybridized carbons (Fsp3) is 0.900. The minimum absolute atomic E-state index is 0.0607. The molecule has 13 heavy (non-hydrogen) atoms. The van der Waals surface area contributed by atoms with Crippen LogP contribution in [0.1, 0.15) is 26.2 Å². The highest BCUT2D eigenvalue weighted by Gasteiger charge is 2.28. The molecule has 1 atom stereocenters. The van der Waals surface area contributed by atoms with Crippen molar-refractivity contribution in [1.29, 1.82) is 0 Å². The topological polar surface area (TPSA) is 35.5 Å². The van der Waals surface area contributed by atoms with Crippen molar-refractivity contribution in [1.82, 2.24) is 0 Å². The van der Waals surface area contributed by atoms with Gasteiger partial charge in [-0.15, -0.1) is 0 Å². The van der Waals surface area contributed by atoms with Gasteiger partial charge in [0.15, 0.2) is 0 Å². The van der Waals surface area contributed by atoms with Gasteiger partial charge in [-0.1, -0.05) is 6.92 Å². The fourth-order valence-corrected chi connectivity index (χ4v) is 1.96. The normalized spacial score (nSPS) is 21.1. The van der Waals surface area contributed by atoms with E-state index in [1.54, 1.807) is 0 Å². The van der Waals surface area contributed by atoms with E-state index in [0.29, 0.717) is 5.92 Å². The second-order valence-electron chi connectivity index (χ2n) is 3.49. The molecule has 0 bridgehead atoms. The maximum absolute atomic E-state index is 11.4. The summed E-state index contributed by atoms with van der Waals surface area (Å²) in [6, 6.07) is 0. The van der Waals surface area contributed by atoms with Crippen LogP contribution < -0.4 is 0 Å². The van der Waals surface area contributed by atoms with Crippen molar-refractivity contribution in [3.63, 3.8) is 0 Å². The van der Waals surface area contributed by atoms with Gasteiger partial charge in [0.2, 0.25) is 0 Å². The molecular weight excluding hydrogens is 168 g/mol. The van der Waals surface area contributed by atoms with Gasteiger partial charge in [0.25, 0.3) is 0 Å². The molecule has 0 amide bonds. The number of methoxy groups -OCH3 is 1. The minimum atomic E-state index is -0.0607. The van der Waals surface area contributed by atoms with Crippen molar-refractivity contribution in [3.8, 4) is 0 Å². The van der Waals surface area contributed by atoms with Crippen LogP contribution in [0, 0.1) is 11.8 Å². The van der Waals surface area contributed by atoms with E-state index < -0.39 is 0 Å². The van der Waals surface area contributed by atoms with Crippen molar-refractivity contribution in [2.45, 2.75) is 26.2 Å². The zero-order valence-electron chi connectivity index (χ0n) is 8.41. The monoisotopic (exact) mass is 186 g/mol. The maximum Gasteiger partial charge on any atom is 0.308 e. The van der Waals surface area contributed by atoms with Crippen LogP contribution in [0.2, 0.25) is 0 Å². The third-order valence-electron chi connectivity index (χ3n) is 2.78. The zero-order valence-corrected chi connectivity index (χ0v) is 8.41. The molecular formula is C10H18O3. The number of hydrogen-bond donors (Lipinski definition) is 0. The first-order valence-corrected chi connectivity index (χ1v) is 4.95. The van der Waals surface area contributed by atoms with Crippen LogP contribution >= 0.6 is 0 Å². The molecule has 0 aromatic rings. The van der Waals surface area contributed by atoms with Crippen LogP contribution in [-0.4, -0.2) is 26.3 Å². The Kier molecular flexibility index (Phi) is 4.22. The minimum Gasteiger partial charge on any atom is -0.469 e. The summed E-state index contributed by atoms with van der Waals surface area (Å²) >= 11 is 0. The molecule has 0 N–H and O–H groups in total. The SMILES string of the molecule is CCC(C(=O)OC)C1CCOCC1. The number of hydrogen-bond acceptors (Lipinski definition) is 3. The van der Waals surface area contributed by atoms with Gasteiger partial charge in [0.1, 0.15) is 0 Å². The smallest absolute Gasteiger partial charge is 0.308 e. The van der Waals surface area contributed by atoms with Gasteiger partial charge < -0.3 is 9.47 Å². The molecule has 0 aromatic heterocycles. The van der Waals surface area contributed by atoms with E-state index in [1.807, 2.05) is 6.92 Å². The number of carbonyl (C=O) groups excluding carboxylic acids is 1. The van der Waals surface area contributed by atoms with Crippen molar-refractivity contribution in [2.24, 2.45) is 11.8 Å². The summed E-state index contributed by atoms with van der Waals surface area (Å²) in [4.78, 5) is 11.4. The zero-order chi connectivity index (χ0) is 9.68. The molecule has 1 saturated heterocycles. The molecule has 1 heterocycles. The number of carbonyl (C=O) groups is 1. The summed E-state index contributed by atoms with van der Waals surface area (Å²) in [5.41, 5.74) is 0. The molecule has 1 fully saturated rings. The molecule has 0 radical (unpaired) electrons. The molecule has 3 heteroatoms. The first-order valence-electron chi connectivity index (χ1n) is 4.95. The number of ether oxygens (including phenoxy) is 2. The van der Waals surface area contributed by atoms with Crippen LogP contribution in [0.5, 0.6) is 0 Å². The first-order chi connectivity index (χ1) is 6.29. The molecule has 0 spiro atoms. The van der Waals surface area contributed by atoms with E-state index in [9.17, 15) is 4.79 Å². The standard InChI is InChI=1S/C10H18O3/c1-3-9(10(11)12-2)8-4-6-13-7-5-8/h8-9H,3-7H2,1-2H3. The number of esters is 1. The van der Waals surface area contributed by atoms with Crippen molar-refractivity contribution in [2.75, 3.05) is 20.3 Å². The van der Waals surface area contributed by atoms with E-state index in [1.165, 1.54) is 7.11 Å². The quantitative estimate of drug-likeness (QED) is 0.628. The summed E-state index contributed by atoms with van der Waals surface area (Å²) in [6.07, 6.45) is 2.86. The van der Waals surface area contributed by atoms with E-state index >= 15 is 0 Å². The Hall–Kier alpha value is -0.570. The van der Waals surface area contributed by atoms with Gasteiger partial charge >= 0.3 is 5.97 Å². The molecule has 1 rings (SSSR count).